The maximum absolute atomic E-state index is 6.34. The first-order valence-corrected chi connectivity index (χ1v) is 8.34. The van der Waals surface area contributed by atoms with Crippen molar-refractivity contribution < 1.29 is 9.47 Å². The minimum atomic E-state index is -0.500. The van der Waals surface area contributed by atoms with Crippen LogP contribution in [0.2, 0.25) is 0 Å². The van der Waals surface area contributed by atoms with E-state index in [1.165, 1.54) is 18.4 Å². The van der Waals surface area contributed by atoms with Gasteiger partial charge in [-0.05, 0) is 65.3 Å². The summed E-state index contributed by atoms with van der Waals surface area (Å²) in [4.78, 5) is 2.33. The first-order chi connectivity index (χ1) is 9.90. The zero-order chi connectivity index (χ0) is 15.2. The molecule has 0 N–H and O–H groups in total. The third-order valence-corrected chi connectivity index (χ3v) is 5.73. The maximum Gasteiger partial charge on any atom is 0.170 e. The van der Waals surface area contributed by atoms with Gasteiger partial charge in [0.2, 0.25) is 0 Å². The van der Waals surface area contributed by atoms with E-state index in [4.69, 9.17) is 21.1 Å². The molecule has 0 spiro atoms. The lowest BCUT2D eigenvalue weighted by molar-refractivity contribution is -0.201. The molecular weight excluding hydrogens is 286 g/mol. The summed E-state index contributed by atoms with van der Waals surface area (Å²) in [5.41, 5.74) is 1.20. The van der Waals surface area contributed by atoms with Crippen LogP contribution in [-0.4, -0.2) is 43.0 Å². The van der Waals surface area contributed by atoms with E-state index in [0.717, 1.165) is 17.9 Å². The van der Waals surface area contributed by atoms with E-state index in [0.29, 0.717) is 12.0 Å². The summed E-state index contributed by atoms with van der Waals surface area (Å²) in [5.74, 6) is -0.0448. The van der Waals surface area contributed by atoms with E-state index in [1.54, 1.807) is 0 Å². The van der Waals surface area contributed by atoms with Crippen molar-refractivity contribution >= 4 is 11.6 Å². The molecular formula is C17H26ClNO2. The summed E-state index contributed by atoms with van der Waals surface area (Å²) >= 11 is 6.32. The molecule has 3 rings (SSSR count). The third kappa shape index (κ3) is 2.81. The smallest absolute Gasteiger partial charge is 0.170 e. The van der Waals surface area contributed by atoms with Crippen molar-refractivity contribution in [2.24, 2.45) is 5.92 Å². The van der Waals surface area contributed by atoms with Crippen LogP contribution in [0.25, 0.3) is 0 Å². The van der Waals surface area contributed by atoms with Crippen molar-refractivity contribution in [1.82, 2.24) is 4.90 Å². The maximum atomic E-state index is 6.34. The van der Waals surface area contributed by atoms with Crippen LogP contribution in [0, 0.1) is 5.92 Å². The van der Waals surface area contributed by atoms with Crippen LogP contribution < -0.4 is 0 Å². The second kappa shape index (κ2) is 5.69. The summed E-state index contributed by atoms with van der Waals surface area (Å²) in [6, 6.07) is 0.693. The Labute approximate surface area is 132 Å². The number of allylic oxidation sites excluding steroid dienone is 2. The average molecular weight is 312 g/mol. The molecule has 3 aliphatic rings. The Morgan fingerprint density at radius 2 is 1.71 bits per heavy atom. The van der Waals surface area contributed by atoms with Crippen LogP contribution >= 0.6 is 11.6 Å². The summed E-state index contributed by atoms with van der Waals surface area (Å²) in [5, 5.41) is 0.760. The van der Waals surface area contributed by atoms with Crippen molar-refractivity contribution in [1.29, 1.82) is 0 Å². The monoisotopic (exact) mass is 311 g/mol. The van der Waals surface area contributed by atoms with Crippen LogP contribution in [0.4, 0.5) is 0 Å². The Hall–Kier alpha value is -0.350. The molecule has 0 radical (unpaired) electrons. The van der Waals surface area contributed by atoms with Gasteiger partial charge in [-0.2, -0.15) is 0 Å². The molecule has 0 aromatic rings. The Morgan fingerprint density at radius 3 is 2.29 bits per heavy atom. The number of nitrogens with zero attached hydrogens (tertiary/aromatic N) is 1. The highest BCUT2D eigenvalue weighted by Gasteiger charge is 2.51. The van der Waals surface area contributed by atoms with Gasteiger partial charge in [-0.1, -0.05) is 17.7 Å². The number of hydrogen-bond donors (Lipinski definition) is 0. The van der Waals surface area contributed by atoms with E-state index in [9.17, 15) is 0 Å². The van der Waals surface area contributed by atoms with Crippen molar-refractivity contribution in [3.8, 4) is 0 Å². The number of hydrogen-bond acceptors (Lipinski definition) is 3. The van der Waals surface area contributed by atoms with E-state index in [1.807, 2.05) is 12.2 Å². The van der Waals surface area contributed by atoms with Crippen LogP contribution in [0.1, 0.15) is 39.5 Å². The third-order valence-electron chi connectivity index (χ3n) is 5.39. The molecule has 0 aromatic carbocycles. The van der Waals surface area contributed by atoms with Gasteiger partial charge >= 0.3 is 0 Å². The van der Waals surface area contributed by atoms with Gasteiger partial charge in [0.25, 0.3) is 0 Å². The predicted molar refractivity (Wildman–Crippen MR) is 85.3 cm³/mol. The molecule has 1 aliphatic heterocycles. The lowest BCUT2D eigenvalue weighted by atomic mass is 9.81. The van der Waals surface area contributed by atoms with Crippen LogP contribution in [0.3, 0.4) is 0 Å². The molecule has 0 amide bonds. The SMILES string of the molecule is CC1=CC=C(Cl)C2O[C@](C)(C3CCC(N(C)C)CC3)OC12. The first-order valence-electron chi connectivity index (χ1n) is 7.96. The van der Waals surface area contributed by atoms with Crippen LogP contribution in [0.5, 0.6) is 0 Å². The molecule has 2 aliphatic carbocycles. The van der Waals surface area contributed by atoms with Crippen LogP contribution in [-0.2, 0) is 9.47 Å². The average Bonchev–Trinajstić information content (AvgIpc) is 2.84. The van der Waals surface area contributed by atoms with Gasteiger partial charge in [0.05, 0.1) is 5.03 Å². The highest BCUT2D eigenvalue weighted by molar-refractivity contribution is 6.30. The van der Waals surface area contributed by atoms with Gasteiger partial charge in [0.1, 0.15) is 12.2 Å². The molecule has 2 fully saturated rings. The molecule has 3 atom stereocenters. The summed E-state index contributed by atoms with van der Waals surface area (Å²) < 4.78 is 12.6. The Bertz CT molecular complexity index is 437. The molecule has 1 heterocycles. The van der Waals surface area contributed by atoms with E-state index in [2.05, 4.69) is 32.8 Å². The summed E-state index contributed by atoms with van der Waals surface area (Å²) in [7, 11) is 4.34. The molecule has 21 heavy (non-hydrogen) atoms. The van der Waals surface area contributed by atoms with E-state index in [-0.39, 0.29) is 12.2 Å². The van der Waals surface area contributed by atoms with Gasteiger partial charge in [-0.3, -0.25) is 0 Å². The molecule has 2 unspecified atom stereocenters. The Morgan fingerprint density at radius 1 is 1.10 bits per heavy atom. The molecule has 118 valence electrons. The van der Waals surface area contributed by atoms with Crippen molar-refractivity contribution in [3.63, 3.8) is 0 Å². The minimum Gasteiger partial charge on any atom is -0.339 e. The molecule has 3 nitrogen and oxygen atoms in total. The highest BCUT2D eigenvalue weighted by atomic mass is 35.5. The summed E-state index contributed by atoms with van der Waals surface area (Å²) in [6.45, 7) is 4.19. The fourth-order valence-electron chi connectivity index (χ4n) is 3.90. The van der Waals surface area contributed by atoms with Crippen molar-refractivity contribution in [3.05, 3.63) is 22.8 Å². The second-order valence-corrected chi connectivity index (χ2v) is 7.46. The minimum absolute atomic E-state index is 0.0147. The van der Waals surface area contributed by atoms with Crippen molar-refractivity contribution in [2.45, 2.75) is 63.6 Å². The Kier molecular flexibility index (Phi) is 4.21. The largest absolute Gasteiger partial charge is 0.339 e. The molecule has 1 saturated heterocycles. The zero-order valence-electron chi connectivity index (χ0n) is 13.4. The molecule has 1 saturated carbocycles. The zero-order valence-corrected chi connectivity index (χ0v) is 14.2. The van der Waals surface area contributed by atoms with Gasteiger partial charge < -0.3 is 14.4 Å². The van der Waals surface area contributed by atoms with Gasteiger partial charge in [0.15, 0.2) is 5.79 Å². The topological polar surface area (TPSA) is 21.7 Å². The van der Waals surface area contributed by atoms with E-state index >= 15 is 0 Å². The number of fused-ring (bicyclic) bond motifs is 1. The van der Waals surface area contributed by atoms with Gasteiger partial charge in [0, 0.05) is 12.0 Å². The first kappa shape index (κ1) is 15.5. The van der Waals surface area contributed by atoms with Gasteiger partial charge in [-0.25, -0.2) is 0 Å². The lowest BCUT2D eigenvalue weighted by Gasteiger charge is -2.39. The fourth-order valence-corrected chi connectivity index (χ4v) is 4.12. The normalized spacial score (nSPS) is 43.5. The highest BCUT2D eigenvalue weighted by Crippen LogP contribution is 2.46. The number of halogens is 1. The standard InChI is InChI=1S/C17H26ClNO2/c1-11-5-10-14(18)16-15(11)20-17(2,21-16)12-6-8-13(9-7-12)19(3)4/h5,10,12-13,15-16H,6-9H2,1-4H3/t12?,13?,15?,16?,17-/m1/s1. The lowest BCUT2D eigenvalue weighted by Crippen LogP contribution is -2.42. The quantitative estimate of drug-likeness (QED) is 0.776. The van der Waals surface area contributed by atoms with Gasteiger partial charge in [-0.15, -0.1) is 0 Å². The molecule has 0 aromatic heterocycles. The Balaban J connectivity index is 1.70. The fraction of sp³-hybridized carbons (Fsp3) is 0.765. The summed E-state index contributed by atoms with van der Waals surface area (Å²) in [6.07, 6.45) is 8.59. The molecule has 4 heteroatoms. The molecule has 0 bridgehead atoms. The van der Waals surface area contributed by atoms with Crippen LogP contribution in [0.15, 0.2) is 22.8 Å². The van der Waals surface area contributed by atoms with Crippen molar-refractivity contribution in [2.75, 3.05) is 14.1 Å². The second-order valence-electron chi connectivity index (χ2n) is 7.02. The number of ether oxygens (including phenoxy) is 2. The predicted octanol–water partition coefficient (Wildman–Crippen LogP) is 3.69. The van der Waals surface area contributed by atoms with E-state index < -0.39 is 5.79 Å². The number of rotatable bonds is 2.